The molecule has 4 aliphatic rings. The molecule has 9 heteroatoms. The Hall–Kier alpha value is -2.61. The van der Waals surface area contributed by atoms with E-state index in [9.17, 15) is 14.4 Å². The molecule has 0 radical (unpaired) electrons. The van der Waals surface area contributed by atoms with Crippen LogP contribution in [0.1, 0.15) is 24.0 Å². The van der Waals surface area contributed by atoms with Crippen molar-refractivity contribution in [2.45, 2.75) is 31.3 Å². The average Bonchev–Trinajstić information content (AvgIpc) is 3.47. The van der Waals surface area contributed by atoms with Gasteiger partial charge in [0.05, 0.1) is 35.3 Å². The Labute approximate surface area is 200 Å². The van der Waals surface area contributed by atoms with Gasteiger partial charge in [-0.05, 0) is 56.1 Å². The second-order valence-corrected chi connectivity index (χ2v) is 9.97. The van der Waals surface area contributed by atoms with Crippen LogP contribution in [0.2, 0.25) is 10.0 Å². The van der Waals surface area contributed by atoms with Crippen LogP contribution in [-0.4, -0.2) is 42.3 Å². The fourth-order valence-corrected chi connectivity index (χ4v) is 6.96. The van der Waals surface area contributed by atoms with Gasteiger partial charge in [0.15, 0.2) is 0 Å². The van der Waals surface area contributed by atoms with Crippen molar-refractivity contribution in [3.05, 3.63) is 51.5 Å². The Morgan fingerprint density at radius 3 is 2.67 bits per heavy atom. The van der Waals surface area contributed by atoms with Crippen molar-refractivity contribution >= 4 is 52.3 Å². The number of carbonyl (C=O) groups excluding carboxylic acids is 3. The summed E-state index contributed by atoms with van der Waals surface area (Å²) in [6.45, 7) is 2.54. The van der Waals surface area contributed by atoms with Crippen LogP contribution < -0.4 is 15.0 Å². The number of ether oxygens (including phenoxy) is 1. The maximum absolute atomic E-state index is 14.1. The van der Waals surface area contributed by atoms with Crippen molar-refractivity contribution in [3.63, 3.8) is 0 Å². The molecule has 7 nitrogen and oxygen atoms in total. The van der Waals surface area contributed by atoms with Gasteiger partial charge in [0.25, 0.3) is 5.91 Å². The van der Waals surface area contributed by atoms with Crippen molar-refractivity contribution in [2.24, 2.45) is 11.8 Å². The molecular formula is C24H21Cl2N3O4. The van der Waals surface area contributed by atoms with Gasteiger partial charge in [0.1, 0.15) is 11.3 Å². The van der Waals surface area contributed by atoms with Gasteiger partial charge in [-0.1, -0.05) is 29.3 Å². The quantitative estimate of drug-likeness (QED) is 0.655. The van der Waals surface area contributed by atoms with E-state index in [0.717, 1.165) is 18.4 Å². The first-order chi connectivity index (χ1) is 15.8. The first kappa shape index (κ1) is 21.0. The van der Waals surface area contributed by atoms with Gasteiger partial charge in [-0.3, -0.25) is 19.3 Å². The van der Waals surface area contributed by atoms with Crippen molar-refractivity contribution in [1.29, 1.82) is 0 Å². The highest BCUT2D eigenvalue weighted by Crippen LogP contribution is 2.61. The van der Waals surface area contributed by atoms with E-state index < -0.39 is 23.3 Å². The van der Waals surface area contributed by atoms with Gasteiger partial charge in [-0.2, -0.15) is 0 Å². The van der Waals surface area contributed by atoms with Crippen molar-refractivity contribution < 1.29 is 19.1 Å². The van der Waals surface area contributed by atoms with Gasteiger partial charge in [-0.15, -0.1) is 0 Å². The summed E-state index contributed by atoms with van der Waals surface area (Å²) < 4.78 is 5.43. The molecule has 3 saturated heterocycles. The maximum atomic E-state index is 14.1. The summed E-state index contributed by atoms with van der Waals surface area (Å²) in [6, 6.07) is 8.32. The van der Waals surface area contributed by atoms with Crippen LogP contribution >= 0.6 is 23.2 Å². The minimum Gasteiger partial charge on any atom is -0.495 e. The second-order valence-electron chi connectivity index (χ2n) is 9.12. The summed E-state index contributed by atoms with van der Waals surface area (Å²) in [5, 5.41) is 3.74. The van der Waals surface area contributed by atoms with E-state index in [1.54, 1.807) is 24.3 Å². The molecule has 170 valence electrons. The summed E-state index contributed by atoms with van der Waals surface area (Å²) in [4.78, 5) is 44.9. The average molecular weight is 486 g/mol. The number of hydrogen-bond donors (Lipinski definition) is 1. The predicted molar refractivity (Wildman–Crippen MR) is 124 cm³/mol. The molecule has 4 heterocycles. The molecule has 2 aromatic carbocycles. The third kappa shape index (κ3) is 2.47. The summed E-state index contributed by atoms with van der Waals surface area (Å²) in [5.41, 5.74) is 1.12. The van der Waals surface area contributed by atoms with E-state index in [-0.39, 0.29) is 17.9 Å². The van der Waals surface area contributed by atoms with Crippen molar-refractivity contribution in [1.82, 2.24) is 4.90 Å². The van der Waals surface area contributed by atoms with E-state index in [0.29, 0.717) is 39.3 Å². The summed E-state index contributed by atoms with van der Waals surface area (Å²) >= 11 is 12.7. The number of aryl methyl sites for hydroxylation is 1. The number of methoxy groups -OCH3 is 1. The zero-order valence-electron chi connectivity index (χ0n) is 18.0. The molecule has 0 aliphatic carbocycles. The lowest BCUT2D eigenvalue weighted by Gasteiger charge is -2.37. The summed E-state index contributed by atoms with van der Waals surface area (Å²) in [7, 11) is 1.48. The minimum absolute atomic E-state index is 0.211. The Kier molecular flexibility index (Phi) is 4.41. The van der Waals surface area contributed by atoms with Crippen molar-refractivity contribution in [2.75, 3.05) is 23.9 Å². The molecule has 0 bridgehead atoms. The second kappa shape index (κ2) is 6.95. The number of hydrogen-bond acceptors (Lipinski definition) is 5. The molecule has 4 atom stereocenters. The first-order valence-electron chi connectivity index (χ1n) is 10.9. The van der Waals surface area contributed by atoms with Crippen LogP contribution in [0.3, 0.4) is 0 Å². The number of benzene rings is 2. The Balaban J connectivity index is 1.58. The molecule has 1 spiro atoms. The summed E-state index contributed by atoms with van der Waals surface area (Å²) in [5.74, 6) is -2.17. The molecule has 3 fully saturated rings. The lowest BCUT2D eigenvalue weighted by Crippen LogP contribution is -2.54. The van der Waals surface area contributed by atoms with E-state index in [1.807, 2.05) is 13.0 Å². The fourth-order valence-electron chi connectivity index (χ4n) is 6.47. The Morgan fingerprint density at radius 1 is 1.12 bits per heavy atom. The molecule has 4 aliphatic heterocycles. The van der Waals surface area contributed by atoms with Gasteiger partial charge in [-0.25, -0.2) is 4.90 Å². The Morgan fingerprint density at radius 2 is 1.91 bits per heavy atom. The number of nitrogens with zero attached hydrogens (tertiary/aromatic N) is 2. The number of carbonyl (C=O) groups is 3. The van der Waals surface area contributed by atoms with Crippen LogP contribution in [0.15, 0.2) is 30.3 Å². The zero-order valence-corrected chi connectivity index (χ0v) is 19.5. The third-order valence-corrected chi connectivity index (χ3v) is 8.11. The van der Waals surface area contributed by atoms with E-state index in [1.165, 1.54) is 12.0 Å². The Bertz CT molecular complexity index is 1260. The fraction of sp³-hybridized carbons (Fsp3) is 0.375. The van der Waals surface area contributed by atoms with E-state index >= 15 is 0 Å². The van der Waals surface area contributed by atoms with Crippen molar-refractivity contribution in [3.8, 4) is 5.75 Å². The highest BCUT2D eigenvalue weighted by Gasteiger charge is 2.75. The molecule has 33 heavy (non-hydrogen) atoms. The maximum Gasteiger partial charge on any atom is 0.250 e. The zero-order chi connectivity index (χ0) is 23.2. The number of nitrogens with one attached hydrogen (secondary N) is 1. The number of rotatable bonds is 2. The normalized spacial score (nSPS) is 30.1. The molecule has 0 aromatic heterocycles. The highest BCUT2D eigenvalue weighted by atomic mass is 35.5. The van der Waals surface area contributed by atoms with Crippen LogP contribution in [-0.2, 0) is 19.9 Å². The van der Waals surface area contributed by atoms with Crippen LogP contribution in [0, 0.1) is 18.8 Å². The SMILES string of the molecule is COc1ccc(Cl)cc1N1C(=O)[C@@H]2[C@@H]3CCCN3[C@]3(C(=O)Nc4c(Cl)cc(C)cc43)[C@H]2C1=O. The predicted octanol–water partition coefficient (Wildman–Crippen LogP) is 3.74. The van der Waals surface area contributed by atoms with Gasteiger partial charge in [0, 0.05) is 16.6 Å². The number of halogens is 2. The largest absolute Gasteiger partial charge is 0.495 e. The summed E-state index contributed by atoms with van der Waals surface area (Å²) in [6.07, 6.45) is 1.59. The lowest BCUT2D eigenvalue weighted by atomic mass is 9.75. The molecule has 0 unspecified atom stereocenters. The molecule has 1 N–H and O–H groups in total. The monoisotopic (exact) mass is 485 g/mol. The van der Waals surface area contributed by atoms with E-state index in [2.05, 4.69) is 10.2 Å². The number of anilines is 2. The molecule has 0 saturated carbocycles. The minimum atomic E-state index is -1.27. The topological polar surface area (TPSA) is 79.0 Å². The van der Waals surface area contributed by atoms with E-state index in [4.69, 9.17) is 27.9 Å². The van der Waals surface area contributed by atoms with Gasteiger partial charge >= 0.3 is 0 Å². The number of fused-ring (bicyclic) bond motifs is 7. The van der Waals surface area contributed by atoms with Gasteiger partial charge < -0.3 is 10.1 Å². The van der Waals surface area contributed by atoms with Crippen LogP contribution in [0.4, 0.5) is 11.4 Å². The first-order valence-corrected chi connectivity index (χ1v) is 11.7. The number of amides is 3. The number of imide groups is 1. The highest BCUT2D eigenvalue weighted by molar-refractivity contribution is 6.35. The smallest absolute Gasteiger partial charge is 0.250 e. The molecule has 3 amide bonds. The molecular weight excluding hydrogens is 465 g/mol. The van der Waals surface area contributed by atoms with Crippen LogP contribution in [0.5, 0.6) is 5.75 Å². The third-order valence-electron chi connectivity index (χ3n) is 7.58. The van der Waals surface area contributed by atoms with Gasteiger partial charge in [0.2, 0.25) is 11.8 Å². The molecule has 6 rings (SSSR count). The molecule has 2 aromatic rings. The lowest BCUT2D eigenvalue weighted by molar-refractivity contribution is -0.135. The van der Waals surface area contributed by atoms with Crippen LogP contribution in [0.25, 0.3) is 0 Å². The standard InChI is InChI=1S/C24H21Cl2N3O4/c1-11-8-13-20(14(26)9-11)27-23(32)24(13)19-18(15-4-3-7-28(15)24)21(30)29(22(19)31)16-10-12(25)5-6-17(16)33-2/h5-6,8-10,15,18-19H,3-4,7H2,1-2H3,(H,27,32)/t15-,18+,19+,24-/m0/s1.